The Bertz CT molecular complexity index is 1120. The predicted molar refractivity (Wildman–Crippen MR) is 129 cm³/mol. The Labute approximate surface area is 204 Å². The number of hydrogen-bond donors (Lipinski definition) is 3. The summed E-state index contributed by atoms with van der Waals surface area (Å²) in [6.07, 6.45) is 6.90. The molecule has 5 atom stereocenters. The average molecular weight is 482 g/mol. The van der Waals surface area contributed by atoms with E-state index in [1.54, 1.807) is 68.7 Å². The number of halogens is 1. The third-order valence-corrected chi connectivity index (χ3v) is 7.39. The van der Waals surface area contributed by atoms with Crippen LogP contribution < -0.4 is 5.32 Å². The van der Waals surface area contributed by atoms with Crippen LogP contribution >= 0.6 is 11.6 Å². The monoisotopic (exact) mass is 481 g/mol. The quantitative estimate of drug-likeness (QED) is 0.497. The van der Waals surface area contributed by atoms with Gasteiger partial charge < -0.3 is 15.5 Å². The molecule has 0 amide bonds. The van der Waals surface area contributed by atoms with Gasteiger partial charge in [-0.05, 0) is 56.0 Å². The number of nitrogens with one attached hydrogen (secondary N) is 1. The molecule has 0 bridgehead atoms. The molecule has 0 aliphatic carbocycles. The number of carbonyl (C=O) groups is 2. The summed E-state index contributed by atoms with van der Waals surface area (Å²) < 4.78 is 0. The second kappa shape index (κ2) is 10.4. The summed E-state index contributed by atoms with van der Waals surface area (Å²) in [6.45, 7) is 3.52. The third-order valence-electron chi connectivity index (χ3n) is 7.15. The number of rotatable bonds is 8. The largest absolute Gasteiger partial charge is 0.481 e. The van der Waals surface area contributed by atoms with E-state index in [4.69, 9.17) is 11.6 Å². The first-order valence-corrected chi connectivity index (χ1v) is 11.5. The summed E-state index contributed by atoms with van der Waals surface area (Å²) in [6, 6.07) is 11.3. The van der Waals surface area contributed by atoms with Crippen LogP contribution in [-0.2, 0) is 9.59 Å². The van der Waals surface area contributed by atoms with Crippen molar-refractivity contribution in [3.63, 3.8) is 0 Å². The van der Waals surface area contributed by atoms with Crippen molar-refractivity contribution in [3.8, 4) is 6.07 Å². The van der Waals surface area contributed by atoms with Crippen molar-refractivity contribution in [2.45, 2.75) is 51.1 Å². The zero-order chi connectivity index (χ0) is 24.9. The van der Waals surface area contributed by atoms with Crippen molar-refractivity contribution in [1.29, 1.82) is 5.26 Å². The number of benzene rings is 1. The first kappa shape index (κ1) is 25.4. The van der Waals surface area contributed by atoms with E-state index in [2.05, 4.69) is 10.3 Å². The molecule has 3 rings (SSSR count). The topological polar surface area (TPSA) is 123 Å². The number of pyridine rings is 1. The molecular weight excluding hydrogens is 454 g/mol. The van der Waals surface area contributed by atoms with Crippen LogP contribution in [0.25, 0.3) is 6.08 Å². The molecule has 1 aromatic heterocycles. The number of nitrogens with zero attached hydrogens (tertiary/aromatic N) is 2. The van der Waals surface area contributed by atoms with Crippen LogP contribution in [0.2, 0.25) is 5.02 Å². The van der Waals surface area contributed by atoms with Crippen LogP contribution in [-0.4, -0.2) is 39.2 Å². The molecule has 7 nitrogen and oxygen atoms in total. The number of piperidine rings is 1. The Morgan fingerprint density at radius 1 is 1.18 bits per heavy atom. The van der Waals surface area contributed by atoms with E-state index in [1.807, 2.05) is 12.1 Å². The number of aromatic nitrogens is 1. The molecule has 0 spiro atoms. The Morgan fingerprint density at radius 2 is 1.88 bits per heavy atom. The van der Waals surface area contributed by atoms with Gasteiger partial charge in [-0.15, -0.1) is 0 Å². The standard InChI is InChI=1S/C26H28ClN3O4/c1-17-25(23(31)32,11-4-7-19-8-5-14-29-16-19)22(20-9-3-10-21(27)15-20)26(24(33)34,12-6-13-28)18(2)30-17/h3-5,7-10,14-18,22,30H,6,11-12H2,1-2H3,(H,31,32)(H,33,34). The van der Waals surface area contributed by atoms with Gasteiger partial charge in [0.1, 0.15) is 0 Å². The van der Waals surface area contributed by atoms with Crippen LogP contribution in [0.3, 0.4) is 0 Å². The molecule has 178 valence electrons. The highest BCUT2D eigenvalue weighted by Crippen LogP contribution is 2.59. The first-order valence-electron chi connectivity index (χ1n) is 11.1. The average Bonchev–Trinajstić information content (AvgIpc) is 2.80. The number of carboxylic acids is 2. The summed E-state index contributed by atoms with van der Waals surface area (Å²) in [7, 11) is 0. The van der Waals surface area contributed by atoms with Crippen molar-refractivity contribution in [3.05, 3.63) is 71.0 Å². The van der Waals surface area contributed by atoms with E-state index in [-0.39, 0.29) is 19.3 Å². The fraction of sp³-hybridized carbons (Fsp3) is 0.385. The lowest BCUT2D eigenvalue weighted by Crippen LogP contribution is -2.69. The minimum absolute atomic E-state index is 0.00174. The van der Waals surface area contributed by atoms with Gasteiger partial charge in [-0.3, -0.25) is 14.6 Å². The molecule has 0 radical (unpaired) electrons. The molecule has 0 saturated carbocycles. The summed E-state index contributed by atoms with van der Waals surface area (Å²) in [5.74, 6) is -3.20. The van der Waals surface area contributed by atoms with E-state index in [0.29, 0.717) is 10.6 Å². The summed E-state index contributed by atoms with van der Waals surface area (Å²) in [5, 5.41) is 34.3. The van der Waals surface area contributed by atoms with Gasteiger partial charge in [0.05, 0.1) is 16.9 Å². The molecule has 1 fully saturated rings. The fourth-order valence-electron chi connectivity index (χ4n) is 5.51. The number of nitriles is 1. The second-order valence-corrected chi connectivity index (χ2v) is 9.28. The van der Waals surface area contributed by atoms with Crippen LogP contribution in [0.5, 0.6) is 0 Å². The maximum absolute atomic E-state index is 13.1. The minimum Gasteiger partial charge on any atom is -0.481 e. The SMILES string of the molecule is CC1NC(C)C(CCC#N)(C(=O)O)C(c2cccc(Cl)c2)C1(CC=Cc1cccnc1)C(=O)O. The maximum atomic E-state index is 13.1. The molecule has 8 heteroatoms. The van der Waals surface area contributed by atoms with Crippen molar-refractivity contribution in [2.75, 3.05) is 0 Å². The molecule has 1 saturated heterocycles. The Morgan fingerprint density at radius 3 is 2.47 bits per heavy atom. The number of carboxylic acid groups (broad SMARTS) is 2. The van der Waals surface area contributed by atoms with Crippen LogP contribution in [0.15, 0.2) is 54.9 Å². The van der Waals surface area contributed by atoms with Crippen LogP contribution in [0, 0.1) is 22.2 Å². The van der Waals surface area contributed by atoms with Crippen molar-refractivity contribution in [2.24, 2.45) is 10.8 Å². The van der Waals surface area contributed by atoms with E-state index >= 15 is 0 Å². The smallest absolute Gasteiger partial charge is 0.312 e. The molecule has 1 aromatic carbocycles. The Balaban J connectivity index is 2.26. The third kappa shape index (κ3) is 4.44. The summed E-state index contributed by atoms with van der Waals surface area (Å²) in [4.78, 5) is 30.2. The number of allylic oxidation sites excluding steroid dienone is 1. The van der Waals surface area contributed by atoms with E-state index < -0.39 is 40.8 Å². The van der Waals surface area contributed by atoms with Crippen LogP contribution in [0.4, 0.5) is 0 Å². The van der Waals surface area contributed by atoms with Gasteiger partial charge in [0.25, 0.3) is 0 Å². The summed E-state index contributed by atoms with van der Waals surface area (Å²) >= 11 is 6.29. The van der Waals surface area contributed by atoms with E-state index in [1.165, 1.54) is 0 Å². The van der Waals surface area contributed by atoms with E-state index in [9.17, 15) is 25.1 Å². The molecule has 34 heavy (non-hydrogen) atoms. The Hall–Kier alpha value is -3.21. The second-order valence-electron chi connectivity index (χ2n) is 8.84. The van der Waals surface area contributed by atoms with Crippen molar-refractivity contribution in [1.82, 2.24) is 10.3 Å². The van der Waals surface area contributed by atoms with E-state index in [0.717, 1.165) is 5.56 Å². The molecule has 1 aliphatic rings. The highest BCUT2D eigenvalue weighted by molar-refractivity contribution is 6.30. The molecule has 3 N–H and O–H groups in total. The lowest BCUT2D eigenvalue weighted by atomic mass is 9.49. The zero-order valence-electron chi connectivity index (χ0n) is 19.1. The minimum atomic E-state index is -1.55. The number of aliphatic carboxylic acids is 2. The zero-order valence-corrected chi connectivity index (χ0v) is 19.9. The first-order chi connectivity index (χ1) is 16.2. The van der Waals surface area contributed by atoms with Gasteiger partial charge in [0, 0.05) is 41.8 Å². The Kier molecular flexibility index (Phi) is 7.75. The van der Waals surface area contributed by atoms with Gasteiger partial charge in [0.2, 0.25) is 0 Å². The highest BCUT2D eigenvalue weighted by atomic mass is 35.5. The lowest BCUT2D eigenvalue weighted by Gasteiger charge is -2.57. The fourth-order valence-corrected chi connectivity index (χ4v) is 5.71. The molecular formula is C26H28ClN3O4. The predicted octanol–water partition coefficient (Wildman–Crippen LogP) is 4.75. The van der Waals surface area contributed by atoms with Crippen LogP contribution in [0.1, 0.15) is 50.2 Å². The maximum Gasteiger partial charge on any atom is 0.312 e. The van der Waals surface area contributed by atoms with Gasteiger partial charge >= 0.3 is 11.9 Å². The highest BCUT2D eigenvalue weighted by Gasteiger charge is 2.66. The molecule has 2 heterocycles. The molecule has 2 aromatic rings. The van der Waals surface area contributed by atoms with Gasteiger partial charge in [-0.25, -0.2) is 0 Å². The summed E-state index contributed by atoms with van der Waals surface area (Å²) in [5.41, 5.74) is -1.73. The normalized spacial score (nSPS) is 28.9. The molecule has 5 unspecified atom stereocenters. The van der Waals surface area contributed by atoms with Gasteiger partial charge in [0.15, 0.2) is 0 Å². The van der Waals surface area contributed by atoms with Gasteiger partial charge in [-0.2, -0.15) is 5.26 Å². The lowest BCUT2D eigenvalue weighted by molar-refractivity contribution is -0.172. The van der Waals surface area contributed by atoms with Crippen molar-refractivity contribution < 1.29 is 19.8 Å². The van der Waals surface area contributed by atoms with Gasteiger partial charge in [-0.1, -0.05) is 42.0 Å². The van der Waals surface area contributed by atoms with Crippen molar-refractivity contribution >= 4 is 29.6 Å². The molecule has 1 aliphatic heterocycles. The number of hydrogen-bond acceptors (Lipinski definition) is 5.